The van der Waals surface area contributed by atoms with Crippen LogP contribution in [0.2, 0.25) is 0 Å². The zero-order valence-electron chi connectivity index (χ0n) is 17.9. The summed E-state index contributed by atoms with van der Waals surface area (Å²) < 4.78 is 42.6. The highest BCUT2D eigenvalue weighted by Crippen LogP contribution is 2.46. The number of hydrogen-bond acceptors (Lipinski definition) is 2. The molecule has 0 radical (unpaired) electrons. The summed E-state index contributed by atoms with van der Waals surface area (Å²) in [6.07, 6.45) is -6.34. The van der Waals surface area contributed by atoms with Crippen LogP contribution in [0.25, 0.3) is 15.7 Å². The van der Waals surface area contributed by atoms with Gasteiger partial charge in [-0.25, -0.2) is 4.85 Å². The number of aromatic nitrogens is 1. The lowest BCUT2D eigenvalue weighted by Crippen LogP contribution is -2.51. The Morgan fingerprint density at radius 1 is 1.10 bits per heavy atom. The quantitative estimate of drug-likeness (QED) is 0.419. The van der Waals surface area contributed by atoms with Gasteiger partial charge in [-0.3, -0.25) is 0 Å². The number of benzene rings is 2. The van der Waals surface area contributed by atoms with Crippen molar-refractivity contribution in [2.45, 2.75) is 57.7 Å². The van der Waals surface area contributed by atoms with E-state index in [0.29, 0.717) is 16.5 Å². The van der Waals surface area contributed by atoms with Crippen molar-refractivity contribution in [2.75, 3.05) is 0 Å². The number of aromatic hydroxyl groups is 1. The zero-order valence-corrected chi connectivity index (χ0v) is 17.9. The number of aromatic amines is 1. The van der Waals surface area contributed by atoms with Gasteiger partial charge in [-0.15, -0.1) is 0 Å². The molecule has 1 unspecified atom stereocenters. The minimum Gasteiger partial charge on any atom is -0.508 e. The first-order valence-electron chi connectivity index (χ1n) is 9.86. The number of para-hydroxylation sites is 1. The highest BCUT2D eigenvalue weighted by atomic mass is 19.4. The third-order valence-electron chi connectivity index (χ3n) is 5.98. The number of aliphatic hydroxyl groups is 1. The van der Waals surface area contributed by atoms with E-state index in [-0.39, 0.29) is 17.1 Å². The van der Waals surface area contributed by atoms with E-state index in [4.69, 9.17) is 6.57 Å². The first kappa shape index (κ1) is 22.7. The SMILES string of the molecule is [C-]#[N+]c1c(CC(O)(CC(C)(C)c2cc(O)cc(C)c2C)C(F)(F)F)[nH]c2ccccc12. The summed E-state index contributed by atoms with van der Waals surface area (Å²) in [5.41, 5.74) is -1.45. The van der Waals surface area contributed by atoms with E-state index in [2.05, 4.69) is 9.83 Å². The van der Waals surface area contributed by atoms with Crippen LogP contribution in [0.3, 0.4) is 0 Å². The van der Waals surface area contributed by atoms with E-state index < -0.39 is 30.0 Å². The van der Waals surface area contributed by atoms with Crippen LogP contribution >= 0.6 is 0 Å². The molecule has 1 aromatic heterocycles. The third-order valence-corrected chi connectivity index (χ3v) is 5.98. The van der Waals surface area contributed by atoms with Crippen molar-refractivity contribution in [3.8, 4) is 5.75 Å². The molecule has 1 heterocycles. The fraction of sp³-hybridized carbons (Fsp3) is 0.375. The molecule has 0 amide bonds. The molecule has 2 aromatic carbocycles. The van der Waals surface area contributed by atoms with Gasteiger partial charge in [0.15, 0.2) is 5.60 Å². The lowest BCUT2D eigenvalue weighted by atomic mass is 9.71. The van der Waals surface area contributed by atoms with Crippen molar-refractivity contribution in [3.05, 3.63) is 70.2 Å². The summed E-state index contributed by atoms with van der Waals surface area (Å²) >= 11 is 0. The maximum Gasteiger partial charge on any atom is 0.417 e. The first-order valence-corrected chi connectivity index (χ1v) is 9.86. The molecular formula is C24H25F3N2O2. The van der Waals surface area contributed by atoms with Crippen LogP contribution < -0.4 is 0 Å². The maximum atomic E-state index is 14.2. The molecule has 1 atom stereocenters. The van der Waals surface area contributed by atoms with E-state index in [0.717, 1.165) is 11.1 Å². The predicted octanol–water partition coefficient (Wildman–Crippen LogP) is 6.24. The summed E-state index contributed by atoms with van der Waals surface area (Å²) in [5, 5.41) is 21.5. The number of nitrogens with zero attached hydrogens (tertiary/aromatic N) is 1. The van der Waals surface area contributed by atoms with Crippen molar-refractivity contribution in [1.82, 2.24) is 4.98 Å². The average molecular weight is 430 g/mol. The molecule has 0 aliphatic rings. The van der Waals surface area contributed by atoms with Crippen LogP contribution in [-0.4, -0.2) is 27.0 Å². The Balaban J connectivity index is 2.08. The Morgan fingerprint density at radius 3 is 2.35 bits per heavy atom. The molecule has 0 aliphatic heterocycles. The second-order valence-electron chi connectivity index (χ2n) is 8.81. The van der Waals surface area contributed by atoms with Crippen molar-refractivity contribution in [2.24, 2.45) is 0 Å². The molecule has 4 nitrogen and oxygen atoms in total. The predicted molar refractivity (Wildman–Crippen MR) is 114 cm³/mol. The van der Waals surface area contributed by atoms with Gasteiger partial charge in [0, 0.05) is 23.0 Å². The van der Waals surface area contributed by atoms with Crippen LogP contribution in [-0.2, 0) is 11.8 Å². The molecule has 0 bridgehead atoms. The Hall–Kier alpha value is -2.98. The Bertz CT molecular complexity index is 1170. The second kappa shape index (κ2) is 7.61. The minimum atomic E-state index is -4.93. The van der Waals surface area contributed by atoms with Crippen LogP contribution in [0.1, 0.15) is 42.7 Å². The number of fused-ring (bicyclic) bond motifs is 1. The van der Waals surface area contributed by atoms with Gasteiger partial charge >= 0.3 is 6.18 Å². The van der Waals surface area contributed by atoms with Gasteiger partial charge < -0.3 is 15.2 Å². The first-order chi connectivity index (χ1) is 14.3. The third kappa shape index (κ3) is 4.13. The summed E-state index contributed by atoms with van der Waals surface area (Å²) in [5.74, 6) is -0.0346. The smallest absolute Gasteiger partial charge is 0.417 e. The van der Waals surface area contributed by atoms with Gasteiger partial charge in [-0.2, -0.15) is 13.2 Å². The van der Waals surface area contributed by atoms with Gasteiger partial charge in [0.25, 0.3) is 0 Å². The highest BCUT2D eigenvalue weighted by molar-refractivity contribution is 5.94. The van der Waals surface area contributed by atoms with Crippen molar-refractivity contribution in [1.29, 1.82) is 0 Å². The number of hydrogen-bond donors (Lipinski definition) is 3. The number of aryl methyl sites for hydroxylation is 1. The van der Waals surface area contributed by atoms with Crippen molar-refractivity contribution < 1.29 is 23.4 Å². The Labute approximate surface area is 179 Å². The molecule has 3 aromatic rings. The van der Waals surface area contributed by atoms with Crippen molar-refractivity contribution >= 4 is 16.6 Å². The lowest BCUT2D eigenvalue weighted by molar-refractivity contribution is -0.266. The van der Waals surface area contributed by atoms with Gasteiger partial charge in [0.05, 0.1) is 6.57 Å². The van der Waals surface area contributed by atoms with Gasteiger partial charge in [0.2, 0.25) is 5.69 Å². The van der Waals surface area contributed by atoms with Crippen LogP contribution in [0.5, 0.6) is 5.75 Å². The van der Waals surface area contributed by atoms with Crippen molar-refractivity contribution in [3.63, 3.8) is 0 Å². The molecule has 7 heteroatoms. The van der Waals surface area contributed by atoms with E-state index >= 15 is 0 Å². The van der Waals surface area contributed by atoms with Gasteiger partial charge in [0.1, 0.15) is 5.75 Å². The monoisotopic (exact) mass is 430 g/mol. The van der Waals surface area contributed by atoms with Gasteiger partial charge in [-0.1, -0.05) is 32.0 Å². The summed E-state index contributed by atoms with van der Waals surface area (Å²) in [6.45, 7) is 14.2. The minimum absolute atomic E-state index is 0.0346. The van der Waals surface area contributed by atoms with E-state index in [1.165, 1.54) is 6.07 Å². The van der Waals surface area contributed by atoms with Crippen LogP contribution in [0.15, 0.2) is 36.4 Å². The Kier molecular flexibility index (Phi) is 5.57. The molecule has 3 N–H and O–H groups in total. The fourth-order valence-corrected chi connectivity index (χ4v) is 4.36. The molecule has 0 spiro atoms. The Morgan fingerprint density at radius 2 is 1.74 bits per heavy atom. The second-order valence-corrected chi connectivity index (χ2v) is 8.81. The molecule has 164 valence electrons. The average Bonchev–Trinajstić information content (AvgIpc) is 2.99. The van der Waals surface area contributed by atoms with Gasteiger partial charge in [-0.05, 0) is 60.6 Å². The number of rotatable bonds is 5. The number of phenolic OH excluding ortho intramolecular Hbond substituents is 1. The molecule has 3 rings (SSSR count). The number of alkyl halides is 3. The molecule has 0 saturated heterocycles. The largest absolute Gasteiger partial charge is 0.508 e. The van der Waals surface area contributed by atoms with E-state index in [1.807, 2.05) is 0 Å². The summed E-state index contributed by atoms with van der Waals surface area (Å²) in [7, 11) is 0. The molecule has 0 aliphatic carbocycles. The number of halogens is 3. The van der Waals surface area contributed by atoms with Crippen LogP contribution in [0.4, 0.5) is 18.9 Å². The highest BCUT2D eigenvalue weighted by Gasteiger charge is 2.56. The lowest BCUT2D eigenvalue weighted by Gasteiger charge is -2.39. The summed E-state index contributed by atoms with van der Waals surface area (Å²) in [6, 6.07) is 9.79. The summed E-state index contributed by atoms with van der Waals surface area (Å²) in [4.78, 5) is 6.31. The van der Waals surface area contributed by atoms with Crippen LogP contribution in [0, 0.1) is 20.4 Å². The number of nitrogens with one attached hydrogen (secondary N) is 1. The standard InChI is InChI=1S/C24H25F3N2O2/c1-14-10-16(30)11-18(15(14)2)22(3,4)13-23(31,24(25,26)27)12-20-21(28-5)17-8-6-7-9-19(17)29-20/h6-11,29-31H,12-13H2,1-4H3. The molecule has 31 heavy (non-hydrogen) atoms. The molecule has 0 fully saturated rings. The maximum absolute atomic E-state index is 14.2. The zero-order chi connectivity index (χ0) is 23.2. The topological polar surface area (TPSA) is 60.6 Å². The molecular weight excluding hydrogens is 405 g/mol. The van der Waals surface area contributed by atoms with E-state index in [9.17, 15) is 23.4 Å². The number of phenols is 1. The molecule has 0 saturated carbocycles. The number of H-pyrrole nitrogens is 1. The normalized spacial score (nSPS) is 14.4. The fourth-order valence-electron chi connectivity index (χ4n) is 4.36. The van der Waals surface area contributed by atoms with E-state index in [1.54, 1.807) is 58.0 Å².